The summed E-state index contributed by atoms with van der Waals surface area (Å²) in [5, 5.41) is 13.6. The number of nitrogens with one attached hydrogen (secondary N) is 1. The first-order chi connectivity index (χ1) is 14.8. The Kier molecular flexibility index (Phi) is 6.54. The minimum absolute atomic E-state index is 0.0807. The molecule has 9 heteroatoms. The van der Waals surface area contributed by atoms with Gasteiger partial charge in [-0.25, -0.2) is 14.8 Å². The topological polar surface area (TPSA) is 137 Å². The average molecular weight is 424 g/mol. The van der Waals surface area contributed by atoms with E-state index in [4.69, 9.17) is 15.2 Å². The number of ether oxygens (including phenoxy) is 2. The molecule has 1 amide bonds. The van der Waals surface area contributed by atoms with Gasteiger partial charge in [0, 0.05) is 11.1 Å². The number of pyridine rings is 2. The molecule has 31 heavy (non-hydrogen) atoms. The molecule has 0 unspecified atom stereocenters. The number of primary amides is 1. The Morgan fingerprint density at radius 2 is 1.84 bits per heavy atom. The minimum atomic E-state index is -1.09. The second kappa shape index (κ2) is 9.29. The highest BCUT2D eigenvalue weighted by Gasteiger charge is 2.22. The number of benzene rings is 1. The summed E-state index contributed by atoms with van der Waals surface area (Å²) in [6.45, 7) is 5.76. The molecular formula is C22H24N4O5. The SMILES string of the molecule is CCOc1cc2c(Nc3ccc(OCC(N)=O)cc3)c(C(=O)O)c(CC)nc2nc1C. The first-order valence-electron chi connectivity index (χ1n) is 9.82. The highest BCUT2D eigenvalue weighted by atomic mass is 16.5. The quantitative estimate of drug-likeness (QED) is 0.476. The molecule has 0 aliphatic heterocycles. The van der Waals surface area contributed by atoms with E-state index in [2.05, 4.69) is 15.3 Å². The molecule has 2 heterocycles. The summed E-state index contributed by atoms with van der Waals surface area (Å²) < 4.78 is 10.9. The molecule has 0 atom stereocenters. The van der Waals surface area contributed by atoms with Gasteiger partial charge in [-0.2, -0.15) is 0 Å². The predicted molar refractivity (Wildman–Crippen MR) is 116 cm³/mol. The van der Waals surface area contributed by atoms with E-state index in [0.717, 1.165) is 0 Å². The summed E-state index contributed by atoms with van der Waals surface area (Å²) in [6, 6.07) is 8.50. The van der Waals surface area contributed by atoms with Crippen LogP contribution >= 0.6 is 0 Å². The Bertz CT molecular complexity index is 1130. The summed E-state index contributed by atoms with van der Waals surface area (Å²) in [5.74, 6) is -0.631. The molecule has 0 bridgehead atoms. The van der Waals surface area contributed by atoms with Gasteiger partial charge in [0.15, 0.2) is 12.3 Å². The Balaban J connectivity index is 2.11. The van der Waals surface area contributed by atoms with Gasteiger partial charge in [0.05, 0.1) is 23.7 Å². The second-order valence-electron chi connectivity index (χ2n) is 6.75. The monoisotopic (exact) mass is 424 g/mol. The standard InChI is InChI=1S/C22H24N4O5/c1-4-16-19(22(28)29)20(15-10-17(30-5-2)12(3)24-21(15)26-16)25-13-6-8-14(9-7-13)31-11-18(23)27/h6-10H,4-5,11H2,1-3H3,(H2,23,27)(H,28,29)(H,24,25,26). The van der Waals surface area contributed by atoms with Crippen molar-refractivity contribution >= 4 is 34.3 Å². The lowest BCUT2D eigenvalue weighted by Gasteiger charge is -2.17. The number of anilines is 2. The molecule has 1 aromatic carbocycles. The third kappa shape index (κ3) is 4.82. The number of amides is 1. The van der Waals surface area contributed by atoms with Crippen molar-refractivity contribution < 1.29 is 24.2 Å². The zero-order chi connectivity index (χ0) is 22.5. The van der Waals surface area contributed by atoms with Crippen LogP contribution in [0.5, 0.6) is 11.5 Å². The number of hydrogen-bond acceptors (Lipinski definition) is 7. The predicted octanol–water partition coefficient (Wildman–Crippen LogP) is 3.21. The Labute approximate surface area is 179 Å². The number of fused-ring (bicyclic) bond motifs is 1. The van der Waals surface area contributed by atoms with Crippen molar-refractivity contribution in [2.45, 2.75) is 27.2 Å². The number of aromatic nitrogens is 2. The van der Waals surface area contributed by atoms with Crippen LogP contribution in [-0.4, -0.2) is 40.2 Å². The molecule has 0 aliphatic rings. The zero-order valence-electron chi connectivity index (χ0n) is 17.6. The normalized spacial score (nSPS) is 10.7. The van der Waals surface area contributed by atoms with E-state index in [1.165, 1.54) is 0 Å². The molecule has 3 rings (SSSR count). The molecule has 0 saturated carbocycles. The summed E-state index contributed by atoms with van der Waals surface area (Å²) in [4.78, 5) is 32.0. The number of carboxylic acids is 1. The van der Waals surface area contributed by atoms with E-state index in [-0.39, 0.29) is 12.2 Å². The van der Waals surface area contributed by atoms with Gasteiger partial charge < -0.3 is 25.6 Å². The summed E-state index contributed by atoms with van der Waals surface area (Å²) in [7, 11) is 0. The number of carbonyl (C=O) groups excluding carboxylic acids is 1. The van der Waals surface area contributed by atoms with Crippen molar-refractivity contribution in [3.8, 4) is 11.5 Å². The van der Waals surface area contributed by atoms with E-state index in [9.17, 15) is 14.7 Å². The van der Waals surface area contributed by atoms with Gasteiger partial charge >= 0.3 is 5.97 Å². The molecule has 4 N–H and O–H groups in total. The number of rotatable bonds is 9. The zero-order valence-corrected chi connectivity index (χ0v) is 17.6. The lowest BCUT2D eigenvalue weighted by molar-refractivity contribution is -0.119. The fourth-order valence-electron chi connectivity index (χ4n) is 3.16. The lowest BCUT2D eigenvalue weighted by atomic mass is 10.0. The molecule has 2 aromatic heterocycles. The van der Waals surface area contributed by atoms with Gasteiger partial charge in [0.25, 0.3) is 5.91 Å². The molecule has 0 spiro atoms. The number of aromatic carboxylic acids is 1. The number of carbonyl (C=O) groups is 2. The van der Waals surface area contributed by atoms with Crippen LogP contribution in [0.15, 0.2) is 30.3 Å². The van der Waals surface area contributed by atoms with Crippen LogP contribution in [-0.2, 0) is 11.2 Å². The molecule has 0 aliphatic carbocycles. The Morgan fingerprint density at radius 1 is 1.13 bits per heavy atom. The first-order valence-corrected chi connectivity index (χ1v) is 9.82. The van der Waals surface area contributed by atoms with Crippen molar-refractivity contribution in [2.75, 3.05) is 18.5 Å². The van der Waals surface area contributed by atoms with Crippen molar-refractivity contribution in [1.29, 1.82) is 0 Å². The number of aryl methyl sites for hydroxylation is 2. The maximum atomic E-state index is 12.1. The summed E-state index contributed by atoms with van der Waals surface area (Å²) in [6.07, 6.45) is 0.431. The van der Waals surface area contributed by atoms with Gasteiger partial charge in [-0.05, 0) is 50.6 Å². The molecule has 3 aromatic rings. The van der Waals surface area contributed by atoms with Crippen molar-refractivity contribution in [3.63, 3.8) is 0 Å². The van der Waals surface area contributed by atoms with E-state index >= 15 is 0 Å². The van der Waals surface area contributed by atoms with Crippen LogP contribution in [0.3, 0.4) is 0 Å². The molecule has 9 nitrogen and oxygen atoms in total. The van der Waals surface area contributed by atoms with E-state index in [1.54, 1.807) is 30.3 Å². The van der Waals surface area contributed by atoms with Crippen LogP contribution in [0.1, 0.15) is 35.6 Å². The van der Waals surface area contributed by atoms with E-state index < -0.39 is 11.9 Å². The molecular weight excluding hydrogens is 400 g/mol. The molecule has 162 valence electrons. The Hall–Kier alpha value is -3.88. The summed E-state index contributed by atoms with van der Waals surface area (Å²) in [5.41, 5.74) is 7.72. The number of hydrogen-bond donors (Lipinski definition) is 3. The van der Waals surface area contributed by atoms with Crippen LogP contribution in [0.25, 0.3) is 11.0 Å². The van der Waals surface area contributed by atoms with Crippen LogP contribution in [0.4, 0.5) is 11.4 Å². The van der Waals surface area contributed by atoms with Crippen LogP contribution in [0.2, 0.25) is 0 Å². The van der Waals surface area contributed by atoms with Gasteiger partial charge in [-0.1, -0.05) is 6.92 Å². The maximum Gasteiger partial charge on any atom is 0.339 e. The first kappa shape index (κ1) is 21.8. The fourth-order valence-corrected chi connectivity index (χ4v) is 3.16. The highest BCUT2D eigenvalue weighted by molar-refractivity contribution is 6.06. The second-order valence-corrected chi connectivity index (χ2v) is 6.75. The number of nitrogens with two attached hydrogens (primary N) is 1. The largest absolute Gasteiger partial charge is 0.492 e. The number of nitrogens with zero attached hydrogens (tertiary/aromatic N) is 2. The van der Waals surface area contributed by atoms with Crippen molar-refractivity contribution in [2.24, 2.45) is 5.73 Å². The smallest absolute Gasteiger partial charge is 0.339 e. The highest BCUT2D eigenvalue weighted by Crippen LogP contribution is 2.34. The van der Waals surface area contributed by atoms with Crippen molar-refractivity contribution in [1.82, 2.24) is 9.97 Å². The fraction of sp³-hybridized carbons (Fsp3) is 0.273. The number of carboxylic acid groups (broad SMARTS) is 1. The van der Waals surface area contributed by atoms with Gasteiger partial charge in [-0.3, -0.25) is 4.79 Å². The van der Waals surface area contributed by atoms with Crippen LogP contribution < -0.4 is 20.5 Å². The van der Waals surface area contributed by atoms with Crippen LogP contribution in [0, 0.1) is 6.92 Å². The maximum absolute atomic E-state index is 12.1. The molecule has 0 radical (unpaired) electrons. The lowest BCUT2D eigenvalue weighted by Crippen LogP contribution is -2.19. The molecule has 0 fully saturated rings. The average Bonchev–Trinajstić information content (AvgIpc) is 2.73. The van der Waals surface area contributed by atoms with Gasteiger partial charge in [0.1, 0.15) is 17.1 Å². The third-order valence-corrected chi connectivity index (χ3v) is 4.55. The minimum Gasteiger partial charge on any atom is -0.492 e. The van der Waals surface area contributed by atoms with E-state index in [0.29, 0.717) is 58.3 Å². The van der Waals surface area contributed by atoms with Gasteiger partial charge in [0.2, 0.25) is 0 Å². The Morgan fingerprint density at radius 3 is 2.42 bits per heavy atom. The van der Waals surface area contributed by atoms with Gasteiger partial charge in [-0.15, -0.1) is 0 Å². The van der Waals surface area contributed by atoms with Crippen molar-refractivity contribution in [3.05, 3.63) is 47.3 Å². The summed E-state index contributed by atoms with van der Waals surface area (Å²) >= 11 is 0. The third-order valence-electron chi connectivity index (χ3n) is 4.55. The molecule has 0 saturated heterocycles. The van der Waals surface area contributed by atoms with E-state index in [1.807, 2.05) is 20.8 Å².